The maximum atomic E-state index is 10.9. The van der Waals surface area contributed by atoms with Gasteiger partial charge in [-0.15, -0.1) is 0 Å². The van der Waals surface area contributed by atoms with E-state index in [0.29, 0.717) is 30.5 Å². The third-order valence-corrected chi connectivity index (χ3v) is 5.44. The van der Waals surface area contributed by atoms with Crippen molar-refractivity contribution in [1.82, 2.24) is 4.90 Å². The Kier molecular flexibility index (Phi) is 3.80. The van der Waals surface area contributed by atoms with Crippen LogP contribution in [0.1, 0.15) is 58.8 Å². The average Bonchev–Trinajstić information content (AvgIpc) is 2.59. The molecular weight excluding hydrogens is 254 g/mol. The van der Waals surface area contributed by atoms with Gasteiger partial charge in [-0.3, -0.25) is 9.69 Å². The number of carboxylic acids is 1. The van der Waals surface area contributed by atoms with Gasteiger partial charge in [-0.25, -0.2) is 0 Å². The zero-order valence-corrected chi connectivity index (χ0v) is 12.7. The lowest BCUT2D eigenvalue weighted by molar-refractivity contribution is -0.139. The molecule has 3 aliphatic heterocycles. The second-order valence-electron chi connectivity index (χ2n) is 7.52. The van der Waals surface area contributed by atoms with Crippen molar-refractivity contribution < 1.29 is 14.6 Å². The smallest absolute Gasteiger partial charge is 0.303 e. The van der Waals surface area contributed by atoms with Crippen molar-refractivity contribution in [2.75, 3.05) is 6.61 Å². The molecule has 2 bridgehead atoms. The molecule has 0 aromatic carbocycles. The number of carboxylic acid groups (broad SMARTS) is 1. The first-order valence-electron chi connectivity index (χ1n) is 8.08. The average molecular weight is 281 g/mol. The Labute approximate surface area is 121 Å². The van der Waals surface area contributed by atoms with Crippen LogP contribution >= 0.6 is 0 Å². The predicted octanol–water partition coefficient (Wildman–Crippen LogP) is 2.66. The summed E-state index contributed by atoms with van der Waals surface area (Å²) < 4.78 is 5.85. The van der Waals surface area contributed by atoms with Gasteiger partial charge in [0.15, 0.2) is 0 Å². The Balaban J connectivity index is 1.66. The third-order valence-electron chi connectivity index (χ3n) is 5.44. The summed E-state index contributed by atoms with van der Waals surface area (Å²) in [6.07, 6.45) is 7.31. The molecule has 20 heavy (non-hydrogen) atoms. The summed E-state index contributed by atoms with van der Waals surface area (Å²) in [5, 5.41) is 9.01. The Morgan fingerprint density at radius 2 is 1.85 bits per heavy atom. The summed E-state index contributed by atoms with van der Waals surface area (Å²) >= 11 is 0. The molecule has 0 radical (unpaired) electrons. The first kappa shape index (κ1) is 14.3. The normalized spacial score (nSPS) is 40.7. The maximum absolute atomic E-state index is 10.9. The van der Waals surface area contributed by atoms with Gasteiger partial charge in [0.1, 0.15) is 0 Å². The number of rotatable bonds is 3. The molecule has 0 saturated carbocycles. The van der Waals surface area contributed by atoms with Crippen molar-refractivity contribution in [2.24, 2.45) is 5.92 Å². The lowest BCUT2D eigenvalue weighted by Crippen LogP contribution is -2.53. The maximum Gasteiger partial charge on any atom is 0.303 e. The second kappa shape index (κ2) is 5.30. The highest BCUT2D eigenvalue weighted by Gasteiger charge is 2.46. The minimum Gasteiger partial charge on any atom is -0.481 e. The Morgan fingerprint density at radius 3 is 2.40 bits per heavy atom. The Bertz CT molecular complexity index is 368. The molecule has 3 heterocycles. The van der Waals surface area contributed by atoms with Gasteiger partial charge in [-0.1, -0.05) is 0 Å². The van der Waals surface area contributed by atoms with Crippen LogP contribution in [-0.2, 0) is 9.53 Å². The highest BCUT2D eigenvalue weighted by Crippen LogP contribution is 2.43. The van der Waals surface area contributed by atoms with Gasteiger partial charge in [0.2, 0.25) is 0 Å². The van der Waals surface area contributed by atoms with E-state index in [2.05, 4.69) is 18.7 Å². The van der Waals surface area contributed by atoms with Gasteiger partial charge >= 0.3 is 5.97 Å². The van der Waals surface area contributed by atoms with E-state index in [0.717, 1.165) is 32.3 Å². The molecule has 0 aromatic rings. The number of nitrogens with zero attached hydrogens (tertiary/aromatic N) is 1. The van der Waals surface area contributed by atoms with Crippen molar-refractivity contribution in [3.05, 3.63) is 0 Å². The van der Waals surface area contributed by atoms with E-state index in [-0.39, 0.29) is 5.60 Å². The van der Waals surface area contributed by atoms with Crippen LogP contribution in [0.2, 0.25) is 0 Å². The number of ether oxygens (including phenoxy) is 1. The van der Waals surface area contributed by atoms with Crippen molar-refractivity contribution in [1.29, 1.82) is 0 Å². The number of carbonyl (C=O) groups is 1. The number of hydrogen-bond acceptors (Lipinski definition) is 3. The standard InChI is InChI=1S/C16H27NO3/c1-16(2)10-14(5-6-20-16)17-12-3-4-13(17)8-11(7-12)9-15(18)19/h11-14H,3-10H2,1-2H3,(H,18,19). The Hall–Kier alpha value is -0.610. The minimum absolute atomic E-state index is 0.000268. The number of piperidine rings is 1. The summed E-state index contributed by atoms with van der Waals surface area (Å²) in [5.74, 6) is -0.232. The summed E-state index contributed by atoms with van der Waals surface area (Å²) in [6, 6.07) is 1.89. The van der Waals surface area contributed by atoms with Crippen molar-refractivity contribution >= 4 is 5.97 Å². The fourth-order valence-corrected chi connectivity index (χ4v) is 4.79. The van der Waals surface area contributed by atoms with Crippen molar-refractivity contribution in [3.63, 3.8) is 0 Å². The van der Waals surface area contributed by atoms with Gasteiger partial charge in [0, 0.05) is 31.2 Å². The van der Waals surface area contributed by atoms with Crippen LogP contribution in [0.15, 0.2) is 0 Å². The van der Waals surface area contributed by atoms with Crippen LogP contribution in [0.25, 0.3) is 0 Å². The zero-order chi connectivity index (χ0) is 14.3. The molecule has 3 saturated heterocycles. The number of hydrogen-bond donors (Lipinski definition) is 1. The molecule has 114 valence electrons. The molecular formula is C16H27NO3. The molecule has 0 aliphatic carbocycles. The third kappa shape index (κ3) is 2.86. The van der Waals surface area contributed by atoms with Crippen molar-refractivity contribution in [3.8, 4) is 0 Å². The zero-order valence-electron chi connectivity index (χ0n) is 12.7. The fourth-order valence-electron chi connectivity index (χ4n) is 4.79. The molecule has 3 rings (SSSR count). The second-order valence-corrected chi connectivity index (χ2v) is 7.52. The molecule has 0 amide bonds. The largest absolute Gasteiger partial charge is 0.481 e. The quantitative estimate of drug-likeness (QED) is 0.864. The molecule has 3 aliphatic rings. The van der Waals surface area contributed by atoms with E-state index in [1.807, 2.05) is 0 Å². The molecule has 4 nitrogen and oxygen atoms in total. The molecule has 4 heteroatoms. The van der Waals surface area contributed by atoms with Gasteiger partial charge in [0.05, 0.1) is 5.60 Å². The lowest BCUT2D eigenvalue weighted by atomic mass is 9.84. The van der Waals surface area contributed by atoms with Crippen molar-refractivity contribution in [2.45, 2.75) is 82.5 Å². The predicted molar refractivity (Wildman–Crippen MR) is 76.7 cm³/mol. The monoisotopic (exact) mass is 281 g/mol. The topological polar surface area (TPSA) is 49.8 Å². The van der Waals surface area contributed by atoms with Crippen LogP contribution in [0, 0.1) is 5.92 Å². The molecule has 0 aromatic heterocycles. The van der Waals surface area contributed by atoms with Gasteiger partial charge in [0.25, 0.3) is 0 Å². The van der Waals surface area contributed by atoms with E-state index in [9.17, 15) is 4.79 Å². The van der Waals surface area contributed by atoms with Crippen LogP contribution < -0.4 is 0 Å². The van der Waals surface area contributed by atoms with E-state index < -0.39 is 5.97 Å². The Morgan fingerprint density at radius 1 is 1.20 bits per heavy atom. The minimum atomic E-state index is -0.630. The van der Waals surface area contributed by atoms with Gasteiger partial charge in [-0.2, -0.15) is 0 Å². The summed E-state index contributed by atoms with van der Waals surface area (Å²) in [6.45, 7) is 5.25. The summed E-state index contributed by atoms with van der Waals surface area (Å²) in [5.41, 5.74) is 0.000268. The number of fused-ring (bicyclic) bond motifs is 2. The molecule has 3 atom stereocenters. The highest BCUT2D eigenvalue weighted by molar-refractivity contribution is 5.67. The molecule has 3 fully saturated rings. The SMILES string of the molecule is CC1(C)CC(N2C3CCC2CC(CC(=O)O)C3)CCO1. The van der Waals surface area contributed by atoms with Gasteiger partial charge < -0.3 is 9.84 Å². The number of aliphatic carboxylic acids is 1. The van der Waals surface area contributed by atoms with E-state index in [4.69, 9.17) is 9.84 Å². The molecule has 0 spiro atoms. The molecule has 1 N–H and O–H groups in total. The van der Waals surface area contributed by atoms with E-state index >= 15 is 0 Å². The first-order chi connectivity index (χ1) is 9.44. The van der Waals surface area contributed by atoms with E-state index in [1.54, 1.807) is 0 Å². The lowest BCUT2D eigenvalue weighted by Gasteiger charge is -2.47. The fraction of sp³-hybridized carbons (Fsp3) is 0.938. The van der Waals surface area contributed by atoms with Crippen LogP contribution in [0.4, 0.5) is 0 Å². The van der Waals surface area contributed by atoms with E-state index in [1.165, 1.54) is 12.8 Å². The summed E-state index contributed by atoms with van der Waals surface area (Å²) in [4.78, 5) is 13.7. The van der Waals surface area contributed by atoms with Crippen LogP contribution in [0.3, 0.4) is 0 Å². The highest BCUT2D eigenvalue weighted by atomic mass is 16.5. The van der Waals surface area contributed by atoms with Gasteiger partial charge in [-0.05, 0) is 58.3 Å². The van der Waals surface area contributed by atoms with Crippen LogP contribution in [-0.4, -0.2) is 46.3 Å². The van der Waals surface area contributed by atoms with Crippen LogP contribution in [0.5, 0.6) is 0 Å². The summed E-state index contributed by atoms with van der Waals surface area (Å²) in [7, 11) is 0. The molecule has 3 unspecified atom stereocenters. The first-order valence-corrected chi connectivity index (χ1v) is 8.08.